The van der Waals surface area contributed by atoms with Gasteiger partial charge in [0.15, 0.2) is 18.1 Å². The van der Waals surface area contributed by atoms with Gasteiger partial charge in [-0.15, -0.1) is 11.8 Å². The third-order valence-electron chi connectivity index (χ3n) is 8.34. The second-order valence-corrected chi connectivity index (χ2v) is 13.1. The number of non-ortho nitro benzene ring substituents is 1. The number of halogens is 1. The van der Waals surface area contributed by atoms with Gasteiger partial charge in [0.25, 0.3) is 5.69 Å². The molecule has 254 valence electrons. The van der Waals surface area contributed by atoms with E-state index < -0.39 is 58.2 Å². The minimum atomic E-state index is -1.39. The van der Waals surface area contributed by atoms with Crippen molar-refractivity contribution in [3.05, 3.63) is 159 Å². The summed E-state index contributed by atoms with van der Waals surface area (Å²) in [4.78, 5) is 66.7. The summed E-state index contributed by atoms with van der Waals surface area (Å²) in [5, 5.41) is 15.1. The Labute approximate surface area is 299 Å². The van der Waals surface area contributed by atoms with Crippen LogP contribution in [0.1, 0.15) is 34.3 Å². The molecule has 13 heteroatoms. The van der Waals surface area contributed by atoms with Crippen LogP contribution in [0.25, 0.3) is 0 Å². The molecule has 2 heterocycles. The number of thioether (sulfide) groups is 1. The number of nitrogens with zero attached hydrogens (tertiary/aromatic N) is 2. The molecule has 50 heavy (non-hydrogen) atoms. The van der Waals surface area contributed by atoms with Gasteiger partial charge >= 0.3 is 11.9 Å². The van der Waals surface area contributed by atoms with E-state index in [-0.39, 0.29) is 17.6 Å². The molecule has 2 amide bonds. The van der Waals surface area contributed by atoms with Crippen LogP contribution in [-0.2, 0) is 35.3 Å². The molecule has 1 N–H and O–H groups in total. The van der Waals surface area contributed by atoms with Gasteiger partial charge in [0.05, 0.1) is 4.92 Å². The first-order chi connectivity index (χ1) is 24.3. The fraction of sp³-hybridized carbons (Fsp3) is 0.189. The quantitative estimate of drug-likeness (QED) is 0.0474. The first-order valence-electron chi connectivity index (χ1n) is 15.5. The van der Waals surface area contributed by atoms with Crippen LogP contribution in [0.4, 0.5) is 5.69 Å². The average molecular weight is 757 g/mol. The van der Waals surface area contributed by atoms with Crippen molar-refractivity contribution in [1.82, 2.24) is 10.2 Å². The summed E-state index contributed by atoms with van der Waals surface area (Å²) in [7, 11) is 0. The van der Waals surface area contributed by atoms with E-state index in [9.17, 15) is 29.3 Å². The highest BCUT2D eigenvalue weighted by Crippen LogP contribution is 2.41. The summed E-state index contributed by atoms with van der Waals surface area (Å²) < 4.78 is 11.6. The molecule has 2 aliphatic rings. The molecular weight excluding hydrogens is 726 g/mol. The maximum Gasteiger partial charge on any atom is 0.333 e. The predicted octanol–water partition coefficient (Wildman–Crippen LogP) is 5.80. The number of esters is 2. The lowest BCUT2D eigenvalue weighted by molar-refractivity contribution is -0.384. The Balaban J connectivity index is 1.19. The van der Waals surface area contributed by atoms with Gasteiger partial charge in [0.2, 0.25) is 11.8 Å². The summed E-state index contributed by atoms with van der Waals surface area (Å²) in [6, 6.07) is 30.4. The molecule has 0 saturated carbocycles. The van der Waals surface area contributed by atoms with Crippen LogP contribution in [0.3, 0.4) is 0 Å². The number of carbonyl (C=O) groups is 4. The van der Waals surface area contributed by atoms with Crippen molar-refractivity contribution >= 4 is 57.1 Å². The van der Waals surface area contributed by atoms with Crippen molar-refractivity contribution in [2.24, 2.45) is 0 Å². The average Bonchev–Trinajstić information content (AvgIpc) is 3.15. The van der Waals surface area contributed by atoms with E-state index in [1.165, 1.54) is 40.9 Å². The van der Waals surface area contributed by atoms with E-state index in [0.29, 0.717) is 16.7 Å². The first-order valence-corrected chi connectivity index (χ1v) is 17.6. The monoisotopic (exact) mass is 755 g/mol. The lowest BCUT2D eigenvalue weighted by atomic mass is 9.95. The molecule has 2 aliphatic heterocycles. The SMILES string of the molecule is O=C(NC1C(=O)N2C(C(=O)OCc3ccc([N+](=O)[O-])cc3)C(CBr)=CS[C@H]12)C(C(=O)OC(c1ccccc1)c1ccccc1)c1ccccc1. The summed E-state index contributed by atoms with van der Waals surface area (Å²) in [6.45, 7) is -0.156. The Bertz CT molecular complexity index is 1870. The Morgan fingerprint density at radius 1 is 0.860 bits per heavy atom. The van der Waals surface area contributed by atoms with Crippen LogP contribution in [0.5, 0.6) is 0 Å². The Kier molecular flexibility index (Phi) is 10.7. The van der Waals surface area contributed by atoms with Crippen LogP contribution < -0.4 is 5.32 Å². The lowest BCUT2D eigenvalue weighted by Crippen LogP contribution is -2.74. The molecule has 0 radical (unpaired) electrons. The van der Waals surface area contributed by atoms with Crippen molar-refractivity contribution in [2.75, 3.05) is 5.33 Å². The van der Waals surface area contributed by atoms with Crippen LogP contribution in [0.2, 0.25) is 0 Å². The van der Waals surface area contributed by atoms with Gasteiger partial charge in [-0.2, -0.15) is 0 Å². The number of nitro groups is 1. The Morgan fingerprint density at radius 3 is 1.96 bits per heavy atom. The summed E-state index contributed by atoms with van der Waals surface area (Å²) in [5.41, 5.74) is 2.88. The number of ether oxygens (including phenoxy) is 2. The standard InChI is InChI=1S/C37H30BrN3O8S/c38-20-27-22-50-35-30(34(43)40(35)31(27)37(45)48-21-23-16-18-28(19-17-23)41(46)47)39-33(42)29(24-10-4-1-5-11-24)36(44)49-32(25-12-6-2-7-13-25)26-14-8-3-9-15-26/h1-19,22,29-32,35H,20-21H2,(H,39,42)/t29?,30?,31?,35-/m1/s1. The van der Waals surface area contributed by atoms with E-state index in [2.05, 4.69) is 21.2 Å². The molecule has 1 saturated heterocycles. The Hall–Kier alpha value is -5.27. The van der Waals surface area contributed by atoms with Gasteiger partial charge in [0, 0.05) is 17.5 Å². The van der Waals surface area contributed by atoms with Crippen molar-refractivity contribution in [2.45, 2.75) is 36.1 Å². The topological polar surface area (TPSA) is 145 Å². The smallest absolute Gasteiger partial charge is 0.333 e. The van der Waals surface area contributed by atoms with E-state index in [4.69, 9.17) is 9.47 Å². The molecule has 4 atom stereocenters. The number of β-lactam (4-membered cyclic amide) rings is 1. The van der Waals surface area contributed by atoms with Gasteiger partial charge in [-0.25, -0.2) is 4.79 Å². The van der Waals surface area contributed by atoms with Gasteiger partial charge in [-0.3, -0.25) is 24.5 Å². The fourth-order valence-electron chi connectivity index (χ4n) is 5.80. The fourth-order valence-corrected chi connectivity index (χ4v) is 7.71. The van der Waals surface area contributed by atoms with E-state index in [0.717, 1.165) is 11.1 Å². The molecule has 0 spiro atoms. The highest BCUT2D eigenvalue weighted by molar-refractivity contribution is 9.09. The Morgan fingerprint density at radius 2 is 1.42 bits per heavy atom. The number of rotatable bonds is 12. The lowest BCUT2D eigenvalue weighted by Gasteiger charge is -2.51. The number of amides is 2. The third kappa shape index (κ3) is 7.33. The molecule has 0 aliphatic carbocycles. The summed E-state index contributed by atoms with van der Waals surface area (Å²) in [6.07, 6.45) is -0.788. The number of fused-ring (bicyclic) bond motifs is 1. The molecule has 4 aromatic rings. The second kappa shape index (κ2) is 15.5. The largest absolute Gasteiger partial charge is 0.459 e. The normalized spacial score (nSPS) is 18.6. The van der Waals surface area contributed by atoms with Crippen LogP contribution in [-0.4, -0.2) is 56.4 Å². The number of hydrogen-bond acceptors (Lipinski definition) is 9. The molecule has 4 aromatic carbocycles. The first kappa shape index (κ1) is 34.6. The van der Waals surface area contributed by atoms with E-state index in [1.807, 2.05) is 60.7 Å². The van der Waals surface area contributed by atoms with Crippen LogP contribution in [0.15, 0.2) is 126 Å². The molecule has 11 nitrogen and oxygen atoms in total. The molecule has 0 bridgehead atoms. The van der Waals surface area contributed by atoms with Crippen LogP contribution in [0, 0.1) is 10.1 Å². The van der Waals surface area contributed by atoms with Crippen LogP contribution >= 0.6 is 27.7 Å². The highest BCUT2D eigenvalue weighted by Gasteiger charge is 2.56. The molecule has 1 fully saturated rings. The third-order valence-corrected chi connectivity index (χ3v) is 10.2. The summed E-state index contributed by atoms with van der Waals surface area (Å²) >= 11 is 4.66. The maximum absolute atomic E-state index is 14.0. The number of carbonyl (C=O) groups excluding carboxylic acids is 4. The molecule has 0 aromatic heterocycles. The number of alkyl halides is 1. The minimum absolute atomic E-state index is 0.0917. The number of hydrogen-bond donors (Lipinski definition) is 1. The highest BCUT2D eigenvalue weighted by atomic mass is 79.9. The van der Waals surface area contributed by atoms with Crippen molar-refractivity contribution in [3.63, 3.8) is 0 Å². The van der Waals surface area contributed by atoms with Crippen molar-refractivity contribution in [1.29, 1.82) is 0 Å². The predicted molar refractivity (Wildman–Crippen MR) is 189 cm³/mol. The van der Waals surface area contributed by atoms with E-state index >= 15 is 0 Å². The maximum atomic E-state index is 14.0. The molecular formula is C37H30BrN3O8S. The van der Waals surface area contributed by atoms with Gasteiger partial charge in [0.1, 0.15) is 18.0 Å². The zero-order chi connectivity index (χ0) is 35.2. The van der Waals surface area contributed by atoms with Gasteiger partial charge in [-0.1, -0.05) is 107 Å². The number of nitro benzene ring substituents is 1. The number of benzene rings is 4. The van der Waals surface area contributed by atoms with Gasteiger partial charge < -0.3 is 19.7 Å². The molecule has 6 rings (SSSR count). The number of nitrogens with one attached hydrogen (secondary N) is 1. The zero-order valence-corrected chi connectivity index (χ0v) is 28.7. The molecule has 3 unspecified atom stereocenters. The summed E-state index contributed by atoms with van der Waals surface area (Å²) in [5.74, 6) is -4.09. The van der Waals surface area contributed by atoms with Crippen molar-refractivity contribution < 1.29 is 33.6 Å². The second-order valence-electron chi connectivity index (χ2n) is 11.5. The zero-order valence-electron chi connectivity index (χ0n) is 26.3. The minimum Gasteiger partial charge on any atom is -0.459 e. The van der Waals surface area contributed by atoms with E-state index in [1.54, 1.807) is 35.7 Å². The van der Waals surface area contributed by atoms with Crippen molar-refractivity contribution in [3.8, 4) is 0 Å². The van der Waals surface area contributed by atoms with Gasteiger partial charge in [-0.05, 0) is 45.4 Å².